The molecule has 2 aromatic heterocycles. The van der Waals surface area contributed by atoms with Gasteiger partial charge in [-0.15, -0.1) is 0 Å². The summed E-state index contributed by atoms with van der Waals surface area (Å²) in [4.78, 5) is 31.1. The van der Waals surface area contributed by atoms with E-state index in [9.17, 15) is 23.1 Å². The molecule has 0 aliphatic heterocycles. The summed E-state index contributed by atoms with van der Waals surface area (Å²) < 4.78 is 29.3. The van der Waals surface area contributed by atoms with Crippen LogP contribution in [0.2, 0.25) is 10.0 Å². The van der Waals surface area contributed by atoms with E-state index in [2.05, 4.69) is 25.7 Å². The molecule has 1 atom stereocenters. The highest BCUT2D eigenvalue weighted by Crippen LogP contribution is 2.29. The number of aromatic nitrogens is 4. The van der Waals surface area contributed by atoms with Gasteiger partial charge in [-0.25, -0.2) is 13.4 Å². The largest absolute Gasteiger partial charge is 0.480 e. The SMILES string of the molecule is O=C(NC[C@H](NS(=O)(=O)c1c(Cl)cccc1Cl)C(=O)O)c1ccc2c(cnn2CCCNc2ncc[nH]2)c1. The number of H-pyrrole nitrogens is 1. The minimum atomic E-state index is -4.39. The molecule has 0 aliphatic rings. The van der Waals surface area contributed by atoms with Gasteiger partial charge in [0.05, 0.1) is 21.8 Å². The third-order valence-corrected chi connectivity index (χ3v) is 7.92. The maximum absolute atomic E-state index is 12.7. The number of sulfonamides is 1. The number of fused-ring (bicyclic) bond motifs is 1. The predicted molar refractivity (Wildman–Crippen MR) is 142 cm³/mol. The number of anilines is 1. The van der Waals surface area contributed by atoms with E-state index < -0.39 is 39.4 Å². The third kappa shape index (κ3) is 6.42. The fourth-order valence-electron chi connectivity index (χ4n) is 3.67. The molecule has 1 amide bonds. The molecular weight excluding hydrogens is 557 g/mol. The van der Waals surface area contributed by atoms with Gasteiger partial charge in [-0.1, -0.05) is 29.3 Å². The first kappa shape index (κ1) is 27.4. The van der Waals surface area contributed by atoms with Crippen molar-refractivity contribution in [3.63, 3.8) is 0 Å². The van der Waals surface area contributed by atoms with Crippen molar-refractivity contribution >= 4 is 62.0 Å². The van der Waals surface area contributed by atoms with Gasteiger partial charge >= 0.3 is 5.97 Å². The Labute approximate surface area is 227 Å². The van der Waals surface area contributed by atoms with Gasteiger partial charge in [0.25, 0.3) is 5.91 Å². The Hall–Kier alpha value is -3.65. The summed E-state index contributed by atoms with van der Waals surface area (Å²) in [6.45, 7) is 0.806. The number of hydrogen-bond donors (Lipinski definition) is 5. The maximum atomic E-state index is 12.7. The fourth-order valence-corrected chi connectivity index (χ4v) is 6.00. The Morgan fingerprint density at radius 3 is 2.61 bits per heavy atom. The number of carbonyl (C=O) groups is 2. The monoisotopic (exact) mass is 579 g/mol. The van der Waals surface area contributed by atoms with E-state index in [1.807, 2.05) is 9.40 Å². The van der Waals surface area contributed by atoms with E-state index in [0.717, 1.165) is 17.3 Å². The highest BCUT2D eigenvalue weighted by molar-refractivity contribution is 7.89. The molecule has 12 nitrogen and oxygen atoms in total. The van der Waals surface area contributed by atoms with Crippen LogP contribution in [-0.4, -0.2) is 64.3 Å². The van der Waals surface area contributed by atoms with Crippen LogP contribution in [0, 0.1) is 0 Å². The molecule has 0 bridgehead atoms. The first-order valence-corrected chi connectivity index (χ1v) is 13.6. The first-order chi connectivity index (χ1) is 18.2. The average Bonchev–Trinajstić information content (AvgIpc) is 3.53. The quantitative estimate of drug-likeness (QED) is 0.159. The molecule has 0 unspecified atom stereocenters. The number of nitrogens with zero attached hydrogens (tertiary/aromatic N) is 3. The van der Waals surface area contributed by atoms with Crippen molar-refractivity contribution in [3.8, 4) is 0 Å². The molecule has 2 heterocycles. The summed E-state index contributed by atoms with van der Waals surface area (Å²) in [6.07, 6.45) is 5.81. The Morgan fingerprint density at radius 2 is 1.92 bits per heavy atom. The van der Waals surface area contributed by atoms with Crippen molar-refractivity contribution in [1.29, 1.82) is 0 Å². The van der Waals surface area contributed by atoms with Crippen molar-refractivity contribution < 1.29 is 23.1 Å². The van der Waals surface area contributed by atoms with Crippen molar-refractivity contribution in [1.82, 2.24) is 29.8 Å². The molecule has 4 aromatic rings. The minimum Gasteiger partial charge on any atom is -0.480 e. The lowest BCUT2D eigenvalue weighted by molar-refractivity contribution is -0.138. The number of carboxylic acid groups (broad SMARTS) is 1. The lowest BCUT2D eigenvalue weighted by Crippen LogP contribution is -2.48. The van der Waals surface area contributed by atoms with Crippen LogP contribution in [0.1, 0.15) is 16.8 Å². The van der Waals surface area contributed by atoms with Crippen molar-refractivity contribution in [2.24, 2.45) is 0 Å². The highest BCUT2D eigenvalue weighted by Gasteiger charge is 2.29. The third-order valence-electron chi connectivity index (χ3n) is 5.49. The Kier molecular flexibility index (Phi) is 8.52. The molecule has 0 radical (unpaired) electrons. The molecule has 0 fully saturated rings. The topological polar surface area (TPSA) is 171 Å². The number of aryl methyl sites for hydroxylation is 1. The second kappa shape index (κ2) is 11.8. The van der Waals surface area contributed by atoms with Crippen LogP contribution in [0.5, 0.6) is 0 Å². The lowest BCUT2D eigenvalue weighted by Gasteiger charge is -2.17. The van der Waals surface area contributed by atoms with Crippen LogP contribution >= 0.6 is 23.2 Å². The van der Waals surface area contributed by atoms with Crippen LogP contribution in [0.3, 0.4) is 0 Å². The van der Waals surface area contributed by atoms with E-state index in [4.69, 9.17) is 23.2 Å². The molecule has 15 heteroatoms. The predicted octanol–water partition coefficient (Wildman–Crippen LogP) is 2.73. The maximum Gasteiger partial charge on any atom is 0.323 e. The Balaban J connectivity index is 1.37. The second-order valence-electron chi connectivity index (χ2n) is 8.13. The molecule has 38 heavy (non-hydrogen) atoms. The molecule has 0 saturated carbocycles. The Bertz CT molecular complexity index is 1540. The number of carbonyl (C=O) groups excluding carboxylic acids is 1. The zero-order valence-electron chi connectivity index (χ0n) is 19.7. The summed E-state index contributed by atoms with van der Waals surface area (Å²) in [6, 6.07) is 7.37. The molecule has 0 aliphatic carbocycles. The molecule has 5 N–H and O–H groups in total. The van der Waals surface area contributed by atoms with Gasteiger partial charge in [-0.3, -0.25) is 14.3 Å². The van der Waals surface area contributed by atoms with Crippen LogP contribution in [-0.2, 0) is 21.4 Å². The Morgan fingerprint density at radius 1 is 1.16 bits per heavy atom. The number of halogens is 2. The molecule has 200 valence electrons. The number of aliphatic carboxylic acids is 1. The zero-order valence-corrected chi connectivity index (χ0v) is 22.0. The fraction of sp³-hybridized carbons (Fsp3) is 0.217. The van der Waals surface area contributed by atoms with Crippen LogP contribution in [0.25, 0.3) is 10.9 Å². The van der Waals surface area contributed by atoms with Crippen LogP contribution in [0.4, 0.5) is 5.95 Å². The zero-order chi connectivity index (χ0) is 27.3. The number of amides is 1. The van der Waals surface area contributed by atoms with Gasteiger partial charge in [0.15, 0.2) is 5.95 Å². The van der Waals surface area contributed by atoms with Gasteiger partial charge in [-0.05, 0) is 36.8 Å². The summed E-state index contributed by atoms with van der Waals surface area (Å²) in [7, 11) is -4.39. The summed E-state index contributed by atoms with van der Waals surface area (Å²) in [5.74, 6) is -1.38. The van der Waals surface area contributed by atoms with Gasteiger partial charge in [0.2, 0.25) is 10.0 Å². The van der Waals surface area contributed by atoms with Gasteiger partial charge in [-0.2, -0.15) is 9.82 Å². The van der Waals surface area contributed by atoms with E-state index in [1.54, 1.807) is 36.8 Å². The van der Waals surface area contributed by atoms with E-state index >= 15 is 0 Å². The van der Waals surface area contributed by atoms with Gasteiger partial charge < -0.3 is 20.7 Å². The van der Waals surface area contributed by atoms with Crippen LogP contribution in [0.15, 0.2) is 59.9 Å². The molecule has 2 aromatic carbocycles. The van der Waals surface area contributed by atoms with Crippen molar-refractivity contribution in [3.05, 3.63) is 70.6 Å². The van der Waals surface area contributed by atoms with E-state index in [0.29, 0.717) is 19.0 Å². The van der Waals surface area contributed by atoms with Crippen molar-refractivity contribution in [2.75, 3.05) is 18.4 Å². The second-order valence-corrected chi connectivity index (χ2v) is 10.6. The average molecular weight is 580 g/mol. The number of nitrogens with one attached hydrogen (secondary N) is 4. The van der Waals surface area contributed by atoms with E-state index in [-0.39, 0.29) is 15.6 Å². The number of aromatic amines is 1. The number of hydrogen-bond acceptors (Lipinski definition) is 7. The van der Waals surface area contributed by atoms with E-state index in [1.165, 1.54) is 18.2 Å². The number of rotatable bonds is 12. The summed E-state index contributed by atoms with van der Waals surface area (Å²) in [5.41, 5.74) is 1.09. The first-order valence-electron chi connectivity index (χ1n) is 11.3. The van der Waals surface area contributed by atoms with Gasteiger partial charge in [0.1, 0.15) is 10.9 Å². The number of imidazole rings is 1. The smallest absolute Gasteiger partial charge is 0.323 e. The number of carboxylic acids is 1. The summed E-state index contributed by atoms with van der Waals surface area (Å²) in [5, 5.41) is 19.9. The lowest BCUT2D eigenvalue weighted by atomic mass is 10.1. The van der Waals surface area contributed by atoms with Crippen molar-refractivity contribution in [2.45, 2.75) is 23.9 Å². The van der Waals surface area contributed by atoms with Gasteiger partial charge in [0, 0.05) is 43.0 Å². The highest BCUT2D eigenvalue weighted by atomic mass is 35.5. The molecule has 4 rings (SSSR count). The molecule has 0 saturated heterocycles. The minimum absolute atomic E-state index is 0.166. The normalized spacial score (nSPS) is 12.4. The number of benzene rings is 2. The summed E-state index contributed by atoms with van der Waals surface area (Å²) >= 11 is 11.9. The molecule has 0 spiro atoms. The van der Waals surface area contributed by atoms with Crippen LogP contribution < -0.4 is 15.4 Å². The standard InChI is InChI=1S/C23H23Cl2N7O5S/c24-16-3-1-4-17(25)20(16)38(36,37)31-18(22(34)35)13-29-21(33)14-5-6-19-15(11-14)12-30-32(19)10-2-7-26-23-27-8-9-28-23/h1,3-6,8-9,11-12,18,31H,2,7,10,13H2,(H,29,33)(H,34,35)(H2,26,27,28)/t18-/m0/s1. The molecular formula is C23H23Cl2N7O5S.